The first kappa shape index (κ1) is 15.7. The van der Waals surface area contributed by atoms with Crippen molar-refractivity contribution in [3.05, 3.63) is 0 Å². The van der Waals surface area contributed by atoms with Crippen molar-refractivity contribution in [2.75, 3.05) is 0 Å². The van der Waals surface area contributed by atoms with E-state index in [0.29, 0.717) is 23.7 Å². The second kappa shape index (κ2) is 4.90. The number of hydrogen-bond donors (Lipinski definition) is 0. The van der Waals surface area contributed by atoms with Crippen LogP contribution in [0.4, 0.5) is 0 Å². The fraction of sp³-hybridized carbons (Fsp3) is 1.00. The minimum atomic E-state index is -0.641. The molecule has 1 spiro atoms. The number of ether oxygens (including phenoxy) is 2. The highest BCUT2D eigenvalue weighted by molar-refractivity contribution is 5.09. The summed E-state index contributed by atoms with van der Waals surface area (Å²) in [5, 5.41) is 0. The van der Waals surface area contributed by atoms with Crippen molar-refractivity contribution < 1.29 is 24.7 Å². The lowest BCUT2D eigenvalue weighted by atomic mass is 9.57. The molecule has 2 bridgehead atoms. The molecule has 2 N–H and O–H groups in total. The summed E-state index contributed by atoms with van der Waals surface area (Å²) in [7, 11) is 0. The molecule has 4 heterocycles. The van der Waals surface area contributed by atoms with Gasteiger partial charge in [-0.3, -0.25) is 0 Å². The molecule has 5 rings (SSSR count). The first-order valence-electron chi connectivity index (χ1n) is 8.16. The third-order valence-electron chi connectivity index (χ3n) is 6.49. The molecular weight excluding hydrogens is 272 g/mol. The van der Waals surface area contributed by atoms with Crippen molar-refractivity contribution in [1.29, 1.82) is 0 Å². The summed E-state index contributed by atoms with van der Waals surface area (Å²) in [6.45, 7) is 8.77. The predicted molar refractivity (Wildman–Crippen MR) is 76.1 cm³/mol. The van der Waals surface area contributed by atoms with Gasteiger partial charge in [-0.15, -0.1) is 0 Å². The number of hydrogen-bond acceptors (Lipinski definition) is 4. The topological polar surface area (TPSA) is 68.4 Å². The van der Waals surface area contributed by atoms with Gasteiger partial charge in [0.15, 0.2) is 11.9 Å². The van der Waals surface area contributed by atoms with E-state index in [-0.39, 0.29) is 23.5 Å². The Bertz CT molecular complexity index is 411. The molecule has 0 aromatic rings. The molecule has 1 saturated carbocycles. The standard InChI is InChI=1S/C16H26O4.H2O/c1-9-5-6-13-10(2)11(3)17-14-16(13)12(9)7-8-15(4,18-14)19-20-16;/h9-14H,5-8H2,1-4H3;1H2/t9-,10+,11?,12?,13?,14?,15+,16-;/m1./s1. The molecule has 0 aromatic carbocycles. The molecule has 4 aliphatic heterocycles. The fourth-order valence-corrected chi connectivity index (χ4v) is 5.08. The predicted octanol–water partition coefficient (Wildman–Crippen LogP) is 2.43. The summed E-state index contributed by atoms with van der Waals surface area (Å²) < 4.78 is 12.5. The molecule has 21 heavy (non-hydrogen) atoms. The lowest BCUT2D eigenvalue weighted by Gasteiger charge is -2.60. The Morgan fingerprint density at radius 3 is 2.48 bits per heavy atom. The van der Waals surface area contributed by atoms with Crippen LogP contribution in [0.15, 0.2) is 0 Å². The quantitative estimate of drug-likeness (QED) is 0.644. The molecule has 0 radical (unpaired) electrons. The Morgan fingerprint density at radius 1 is 0.952 bits per heavy atom. The van der Waals surface area contributed by atoms with E-state index < -0.39 is 5.79 Å². The summed E-state index contributed by atoms with van der Waals surface area (Å²) in [5.74, 6) is 1.44. The van der Waals surface area contributed by atoms with Crippen molar-refractivity contribution in [3.63, 3.8) is 0 Å². The summed E-state index contributed by atoms with van der Waals surface area (Å²) in [6, 6.07) is 0. The number of fused-ring (bicyclic) bond motifs is 2. The third-order valence-corrected chi connectivity index (χ3v) is 6.49. The van der Waals surface area contributed by atoms with Gasteiger partial charge in [0, 0.05) is 12.3 Å². The van der Waals surface area contributed by atoms with Crippen molar-refractivity contribution in [2.24, 2.45) is 23.7 Å². The Kier molecular flexibility index (Phi) is 3.66. The molecular formula is C16H28O5. The first-order chi connectivity index (χ1) is 9.46. The SMILES string of the molecule is CC1OC2O[C@]3(C)CCC4[C@H](C)CCC([C@H]1C)[C@@]24OO3.O. The van der Waals surface area contributed by atoms with E-state index in [9.17, 15) is 0 Å². The van der Waals surface area contributed by atoms with E-state index in [1.807, 2.05) is 6.92 Å². The largest absolute Gasteiger partial charge is 0.412 e. The minimum Gasteiger partial charge on any atom is -0.412 e. The van der Waals surface area contributed by atoms with Crippen LogP contribution in [0.3, 0.4) is 0 Å². The van der Waals surface area contributed by atoms with Crippen LogP contribution in [0, 0.1) is 23.7 Å². The molecule has 122 valence electrons. The smallest absolute Gasteiger partial charge is 0.201 e. The van der Waals surface area contributed by atoms with Gasteiger partial charge in [0.25, 0.3) is 0 Å². The van der Waals surface area contributed by atoms with Gasteiger partial charge < -0.3 is 14.9 Å². The molecule has 5 fully saturated rings. The maximum Gasteiger partial charge on any atom is 0.201 e. The highest BCUT2D eigenvalue weighted by Crippen LogP contribution is 2.60. The third kappa shape index (κ3) is 1.94. The Morgan fingerprint density at radius 2 is 1.71 bits per heavy atom. The maximum atomic E-state index is 6.23. The Balaban J connectivity index is 0.00000132. The molecule has 5 nitrogen and oxygen atoms in total. The van der Waals surface area contributed by atoms with Crippen LogP contribution in [0.2, 0.25) is 0 Å². The van der Waals surface area contributed by atoms with Crippen molar-refractivity contribution in [3.8, 4) is 0 Å². The Labute approximate surface area is 126 Å². The lowest BCUT2D eigenvalue weighted by Crippen LogP contribution is -2.70. The number of rotatable bonds is 0. The van der Waals surface area contributed by atoms with E-state index in [4.69, 9.17) is 19.2 Å². The molecule has 0 amide bonds. The average molecular weight is 300 g/mol. The summed E-state index contributed by atoms with van der Waals surface area (Å²) in [6.07, 6.45) is 4.41. The van der Waals surface area contributed by atoms with Crippen LogP contribution in [0.1, 0.15) is 53.4 Å². The molecule has 5 heteroatoms. The van der Waals surface area contributed by atoms with Crippen LogP contribution in [0.5, 0.6) is 0 Å². The molecule has 1 aliphatic carbocycles. The molecule has 0 aromatic heterocycles. The molecule has 5 aliphatic rings. The first-order valence-corrected chi connectivity index (χ1v) is 8.16. The van der Waals surface area contributed by atoms with Gasteiger partial charge in [-0.25, -0.2) is 9.78 Å². The van der Waals surface area contributed by atoms with Gasteiger partial charge in [0.05, 0.1) is 6.10 Å². The zero-order valence-electron chi connectivity index (χ0n) is 13.4. The van der Waals surface area contributed by atoms with Gasteiger partial charge in [-0.2, -0.15) is 0 Å². The molecule has 8 atom stereocenters. The van der Waals surface area contributed by atoms with Gasteiger partial charge in [-0.05, 0) is 50.9 Å². The van der Waals surface area contributed by atoms with Crippen LogP contribution >= 0.6 is 0 Å². The van der Waals surface area contributed by atoms with E-state index in [1.165, 1.54) is 12.8 Å². The van der Waals surface area contributed by atoms with E-state index in [2.05, 4.69) is 20.8 Å². The lowest BCUT2D eigenvalue weighted by molar-refractivity contribution is -0.570. The van der Waals surface area contributed by atoms with Crippen LogP contribution < -0.4 is 0 Å². The minimum absolute atomic E-state index is 0. The fourth-order valence-electron chi connectivity index (χ4n) is 5.08. The highest BCUT2D eigenvalue weighted by atomic mass is 17.3. The summed E-state index contributed by atoms with van der Waals surface area (Å²) >= 11 is 0. The van der Waals surface area contributed by atoms with E-state index in [0.717, 1.165) is 12.8 Å². The van der Waals surface area contributed by atoms with Crippen molar-refractivity contribution >= 4 is 0 Å². The van der Waals surface area contributed by atoms with Gasteiger partial charge >= 0.3 is 0 Å². The van der Waals surface area contributed by atoms with Crippen LogP contribution in [0.25, 0.3) is 0 Å². The van der Waals surface area contributed by atoms with E-state index >= 15 is 0 Å². The molecule has 4 saturated heterocycles. The van der Waals surface area contributed by atoms with Gasteiger partial charge in [0.2, 0.25) is 5.79 Å². The maximum absolute atomic E-state index is 6.23. The molecule has 4 unspecified atom stereocenters. The zero-order chi connectivity index (χ0) is 14.1. The monoisotopic (exact) mass is 300 g/mol. The average Bonchev–Trinajstić information content (AvgIpc) is 2.63. The zero-order valence-corrected chi connectivity index (χ0v) is 13.4. The second-order valence-corrected chi connectivity index (χ2v) is 7.61. The second-order valence-electron chi connectivity index (χ2n) is 7.61. The summed E-state index contributed by atoms with van der Waals surface area (Å²) in [4.78, 5) is 11.8. The van der Waals surface area contributed by atoms with Gasteiger partial charge in [0.1, 0.15) is 0 Å². The van der Waals surface area contributed by atoms with E-state index in [1.54, 1.807) is 0 Å². The summed E-state index contributed by atoms with van der Waals surface area (Å²) in [5.41, 5.74) is -0.389. The highest BCUT2D eigenvalue weighted by Gasteiger charge is 2.68. The van der Waals surface area contributed by atoms with Gasteiger partial charge in [-0.1, -0.05) is 13.8 Å². The van der Waals surface area contributed by atoms with Crippen LogP contribution in [-0.2, 0) is 19.2 Å². The normalized spacial score (nSPS) is 58.9. The van der Waals surface area contributed by atoms with Crippen molar-refractivity contribution in [1.82, 2.24) is 0 Å². The Hall–Kier alpha value is -0.200. The van der Waals surface area contributed by atoms with Crippen molar-refractivity contribution in [2.45, 2.75) is 77.2 Å². The van der Waals surface area contributed by atoms with Crippen LogP contribution in [-0.4, -0.2) is 29.3 Å².